The highest BCUT2D eigenvalue weighted by Gasteiger charge is 2.22. The monoisotopic (exact) mass is 298 g/mol. The van der Waals surface area contributed by atoms with Gasteiger partial charge in [-0.2, -0.15) is 0 Å². The van der Waals surface area contributed by atoms with Gasteiger partial charge < -0.3 is 9.80 Å². The molecule has 4 heteroatoms. The van der Waals surface area contributed by atoms with Crippen LogP contribution in [0.2, 0.25) is 0 Å². The van der Waals surface area contributed by atoms with Gasteiger partial charge in [0.05, 0.1) is 20.4 Å². The Morgan fingerprint density at radius 3 is 1.84 bits per heavy atom. The summed E-state index contributed by atoms with van der Waals surface area (Å²) in [6.07, 6.45) is 1.15. The van der Waals surface area contributed by atoms with Gasteiger partial charge in [0.1, 0.15) is 0 Å². The summed E-state index contributed by atoms with van der Waals surface area (Å²) in [6.45, 7) is 14.1. The molecule has 0 radical (unpaired) electrons. The Hall–Kier alpha value is -0.480. The summed E-state index contributed by atoms with van der Waals surface area (Å²) >= 11 is 10.9. The topological polar surface area (TPSA) is 6.48 Å². The van der Waals surface area contributed by atoms with E-state index in [9.17, 15) is 0 Å². The fourth-order valence-electron chi connectivity index (χ4n) is 2.17. The normalized spacial score (nSPS) is 11.9. The molecule has 0 N–H and O–H groups in total. The van der Waals surface area contributed by atoms with E-state index in [1.807, 2.05) is 0 Å². The minimum atomic E-state index is 0.343. The van der Waals surface area contributed by atoms with Crippen molar-refractivity contribution >= 4 is 35.8 Å². The molecular formula is C15H26N2S2. The van der Waals surface area contributed by atoms with E-state index < -0.39 is 0 Å². The zero-order valence-electron chi connectivity index (χ0n) is 13.0. The Bertz CT molecular complexity index is 489. The van der Waals surface area contributed by atoms with Crippen LogP contribution in [-0.2, 0) is 0 Å². The maximum absolute atomic E-state index is 5.44. The van der Waals surface area contributed by atoms with Crippen LogP contribution in [0.4, 0.5) is 11.4 Å². The summed E-state index contributed by atoms with van der Waals surface area (Å²) in [7, 11) is 2.12. The molecule has 1 rings (SSSR count). The minimum Gasteiger partial charge on any atom is -0.372 e. The molecule has 108 valence electrons. The number of nitrogens with zero attached hydrogens (tertiary/aromatic N) is 2. The SMILES string of the molecule is CCN(CC)c1c(N(C)CCC(C)(C)C)c(=S)c1=S. The molecule has 2 nitrogen and oxygen atoms in total. The third-order valence-corrected chi connectivity index (χ3v) is 4.44. The summed E-state index contributed by atoms with van der Waals surface area (Å²) in [4.78, 5) is 4.58. The summed E-state index contributed by atoms with van der Waals surface area (Å²) in [5.41, 5.74) is 2.70. The Morgan fingerprint density at radius 2 is 1.42 bits per heavy atom. The highest BCUT2D eigenvalue weighted by Crippen LogP contribution is 2.38. The molecule has 0 unspecified atom stereocenters. The van der Waals surface area contributed by atoms with E-state index >= 15 is 0 Å². The molecule has 0 aliphatic rings. The molecule has 0 bridgehead atoms. The molecule has 0 saturated carbocycles. The van der Waals surface area contributed by atoms with Crippen LogP contribution in [0.3, 0.4) is 0 Å². The lowest BCUT2D eigenvalue weighted by atomic mass is 9.92. The molecule has 1 aromatic carbocycles. The lowest BCUT2D eigenvalue weighted by molar-refractivity contribution is 0.381. The van der Waals surface area contributed by atoms with Crippen molar-refractivity contribution in [1.82, 2.24) is 0 Å². The zero-order chi connectivity index (χ0) is 14.8. The molecular weight excluding hydrogens is 272 g/mol. The summed E-state index contributed by atoms with van der Waals surface area (Å²) < 4.78 is 1.74. The lowest BCUT2D eigenvalue weighted by Gasteiger charge is -2.33. The minimum absolute atomic E-state index is 0.343. The third kappa shape index (κ3) is 3.76. The van der Waals surface area contributed by atoms with Gasteiger partial charge in [-0.05, 0) is 25.7 Å². The molecule has 0 amide bonds. The first-order chi connectivity index (χ1) is 8.72. The van der Waals surface area contributed by atoms with Crippen molar-refractivity contribution in [2.45, 2.75) is 41.0 Å². The Morgan fingerprint density at radius 1 is 0.947 bits per heavy atom. The zero-order valence-corrected chi connectivity index (χ0v) is 14.7. The summed E-state index contributed by atoms with van der Waals surface area (Å²) in [6, 6.07) is 0. The summed E-state index contributed by atoms with van der Waals surface area (Å²) in [5.74, 6) is 0. The molecule has 0 aromatic heterocycles. The molecule has 19 heavy (non-hydrogen) atoms. The van der Waals surface area contributed by atoms with E-state index in [4.69, 9.17) is 24.4 Å². The van der Waals surface area contributed by atoms with Crippen molar-refractivity contribution in [3.63, 3.8) is 0 Å². The van der Waals surface area contributed by atoms with Gasteiger partial charge in [-0.15, -0.1) is 0 Å². The third-order valence-electron chi connectivity index (χ3n) is 3.52. The smallest absolute Gasteiger partial charge is 0.0835 e. The van der Waals surface area contributed by atoms with Crippen molar-refractivity contribution in [2.24, 2.45) is 5.41 Å². The average molecular weight is 299 g/mol. The van der Waals surface area contributed by atoms with Gasteiger partial charge in [-0.1, -0.05) is 45.2 Å². The second kappa shape index (κ2) is 6.31. The highest BCUT2D eigenvalue weighted by atomic mass is 32.1. The van der Waals surface area contributed by atoms with Gasteiger partial charge >= 0.3 is 0 Å². The quantitative estimate of drug-likeness (QED) is 0.699. The molecule has 0 aliphatic heterocycles. The van der Waals surface area contributed by atoms with Crippen LogP contribution in [0.5, 0.6) is 0 Å². The van der Waals surface area contributed by atoms with E-state index in [0.29, 0.717) is 5.41 Å². The van der Waals surface area contributed by atoms with Crippen LogP contribution < -0.4 is 9.80 Å². The first-order valence-corrected chi connectivity index (χ1v) is 7.84. The number of rotatable bonds is 6. The molecule has 0 heterocycles. The molecule has 0 spiro atoms. The van der Waals surface area contributed by atoms with Crippen LogP contribution in [0, 0.1) is 14.4 Å². The van der Waals surface area contributed by atoms with Crippen LogP contribution in [0.25, 0.3) is 0 Å². The van der Waals surface area contributed by atoms with Crippen LogP contribution in [0.15, 0.2) is 0 Å². The highest BCUT2D eigenvalue weighted by molar-refractivity contribution is 7.74. The molecule has 0 saturated heterocycles. The van der Waals surface area contributed by atoms with Gasteiger partial charge in [0.2, 0.25) is 0 Å². The lowest BCUT2D eigenvalue weighted by Crippen LogP contribution is -2.30. The molecule has 0 fully saturated rings. The first kappa shape index (κ1) is 16.6. The van der Waals surface area contributed by atoms with Crippen LogP contribution >= 0.6 is 24.4 Å². The first-order valence-electron chi connectivity index (χ1n) is 7.02. The standard InChI is InChI=1S/C15H26N2S2/c1-7-17(8-2)12-11(13(18)14(12)19)16(6)10-9-15(3,4)5/h7-10H2,1-6H3. The van der Waals surface area contributed by atoms with Gasteiger partial charge in [0.25, 0.3) is 0 Å². The van der Waals surface area contributed by atoms with E-state index in [0.717, 1.165) is 35.1 Å². The van der Waals surface area contributed by atoms with Gasteiger partial charge in [-0.25, -0.2) is 0 Å². The average Bonchev–Trinajstić information content (AvgIpc) is 2.34. The maximum atomic E-state index is 5.44. The van der Waals surface area contributed by atoms with Crippen molar-refractivity contribution in [3.05, 3.63) is 9.02 Å². The fraction of sp³-hybridized carbons (Fsp3) is 0.733. The molecule has 1 aromatic rings. The Balaban J connectivity index is 2.92. The van der Waals surface area contributed by atoms with E-state index in [2.05, 4.69) is 51.5 Å². The fourth-order valence-corrected chi connectivity index (χ4v) is 2.84. The van der Waals surface area contributed by atoms with Crippen molar-refractivity contribution in [1.29, 1.82) is 0 Å². The predicted molar refractivity (Wildman–Crippen MR) is 91.4 cm³/mol. The van der Waals surface area contributed by atoms with Crippen molar-refractivity contribution in [3.8, 4) is 0 Å². The predicted octanol–water partition coefficient (Wildman–Crippen LogP) is 4.74. The van der Waals surface area contributed by atoms with Crippen LogP contribution in [-0.4, -0.2) is 26.7 Å². The van der Waals surface area contributed by atoms with Gasteiger partial charge in [0, 0.05) is 26.7 Å². The van der Waals surface area contributed by atoms with Crippen molar-refractivity contribution < 1.29 is 0 Å². The van der Waals surface area contributed by atoms with Crippen molar-refractivity contribution in [2.75, 3.05) is 36.5 Å². The second-order valence-corrected chi connectivity index (χ2v) is 7.08. The van der Waals surface area contributed by atoms with E-state index in [-0.39, 0.29) is 0 Å². The van der Waals surface area contributed by atoms with Crippen LogP contribution in [0.1, 0.15) is 41.0 Å². The number of hydrogen-bond acceptors (Lipinski definition) is 4. The maximum Gasteiger partial charge on any atom is 0.0835 e. The van der Waals surface area contributed by atoms with E-state index in [1.165, 1.54) is 11.4 Å². The molecule has 0 aliphatic carbocycles. The van der Waals surface area contributed by atoms with E-state index in [1.54, 1.807) is 0 Å². The number of anilines is 2. The summed E-state index contributed by atoms with van der Waals surface area (Å²) in [5, 5.41) is 0. The molecule has 0 atom stereocenters. The Labute approximate surface area is 128 Å². The second-order valence-electron chi connectivity index (χ2n) is 6.26. The Kier molecular flexibility index (Phi) is 5.51. The largest absolute Gasteiger partial charge is 0.372 e. The number of hydrogen-bond donors (Lipinski definition) is 0. The van der Waals surface area contributed by atoms with Gasteiger partial charge in [-0.3, -0.25) is 0 Å². The van der Waals surface area contributed by atoms with Gasteiger partial charge in [0.15, 0.2) is 0 Å².